The molecule has 0 aliphatic rings. The minimum absolute atomic E-state index is 0.162. The number of halogens is 18. The number of hydrogen-bond acceptors (Lipinski definition) is 3. The summed E-state index contributed by atoms with van der Waals surface area (Å²) < 4.78 is 151. The molecule has 0 spiro atoms. The second kappa shape index (κ2) is 53.5. The molecule has 17 rings (SSSR count). The molecule has 0 aromatic heterocycles. The van der Waals surface area contributed by atoms with E-state index in [-0.39, 0.29) is 55.0 Å². The van der Waals surface area contributed by atoms with Gasteiger partial charge in [0.15, 0.2) is 73.4 Å². The number of alkyl halides is 6. The van der Waals surface area contributed by atoms with Crippen LogP contribution < -0.4 is 0 Å². The lowest BCUT2D eigenvalue weighted by atomic mass is 9.99. The summed E-state index contributed by atoms with van der Waals surface area (Å²) in [4.78, 5) is 13.7. The third-order valence-electron chi connectivity index (χ3n) is 20.6. The molecule has 0 saturated heterocycles. The van der Waals surface area contributed by atoms with Gasteiger partial charge in [-0.25, -0.2) is 21.6 Å². The Kier molecular flexibility index (Phi) is 42.2. The Morgan fingerprint density at radius 3 is 0.676 bits per heavy atom. The van der Waals surface area contributed by atoms with E-state index in [1.165, 1.54) is 114 Å². The molecular formula is C112H88Cl9F9O3S6+4. The van der Waals surface area contributed by atoms with Gasteiger partial charge in [-0.05, 0) is 303 Å². The zero-order valence-corrected chi connectivity index (χ0v) is 86.2. The zero-order valence-electron chi connectivity index (χ0n) is 74.5. The first-order chi connectivity index (χ1) is 66.5. The smallest absolute Gasteiger partial charge is 0.416 e. The van der Waals surface area contributed by atoms with E-state index in [0.29, 0.717) is 41.2 Å². The van der Waals surface area contributed by atoms with E-state index >= 15 is 0 Å². The van der Waals surface area contributed by atoms with Crippen LogP contribution in [0.5, 0.6) is 0 Å². The van der Waals surface area contributed by atoms with Gasteiger partial charge in [-0.1, -0.05) is 241 Å². The maximum Gasteiger partial charge on any atom is 0.416 e. The van der Waals surface area contributed by atoms with Crippen molar-refractivity contribution in [3.05, 3.63) is 510 Å². The summed E-state index contributed by atoms with van der Waals surface area (Å²) in [6, 6.07) is 125. The maximum atomic E-state index is 13.6. The molecule has 0 amide bonds. The van der Waals surface area contributed by atoms with Gasteiger partial charge in [0, 0.05) is 93.7 Å². The van der Waals surface area contributed by atoms with Crippen LogP contribution in [-0.4, -0.2) is 13.0 Å². The minimum atomic E-state index is -4.53. The molecule has 27 heteroatoms. The first-order valence-corrected chi connectivity index (χ1v) is 53.7. The minimum Gasteiger partial charge on any atom is -0.744 e. The number of rotatable bonds is 20. The molecule has 2 unspecified atom stereocenters. The van der Waals surface area contributed by atoms with Crippen molar-refractivity contribution in [1.29, 1.82) is 0 Å². The first-order valence-electron chi connectivity index (χ1n) is 42.8. The molecule has 3 nitrogen and oxygen atoms in total. The summed E-state index contributed by atoms with van der Waals surface area (Å²) in [5.41, 5.74) is 0.839. The average Bonchev–Trinajstić information content (AvgIpc) is 0.785. The van der Waals surface area contributed by atoms with Gasteiger partial charge in [0.25, 0.3) is 0 Å². The monoisotopic (exact) mass is 2160 g/mol. The van der Waals surface area contributed by atoms with Crippen molar-refractivity contribution in [2.45, 2.75) is 143 Å². The molecule has 0 bridgehead atoms. The molecule has 2 atom stereocenters. The van der Waals surface area contributed by atoms with E-state index < -0.39 is 55.4 Å². The van der Waals surface area contributed by atoms with Gasteiger partial charge in [-0.3, -0.25) is 0 Å². The van der Waals surface area contributed by atoms with Gasteiger partial charge in [0.2, 0.25) is 0 Å². The van der Waals surface area contributed by atoms with Crippen molar-refractivity contribution in [3.8, 4) is 0 Å². The normalized spacial score (nSPS) is 11.7. The van der Waals surface area contributed by atoms with Crippen molar-refractivity contribution in [2.24, 2.45) is 0 Å². The second-order valence-electron chi connectivity index (χ2n) is 30.4. The van der Waals surface area contributed by atoms with Crippen LogP contribution in [-0.2, 0) is 76.9 Å². The third kappa shape index (κ3) is 33.8. The average molecular weight is 2160 g/mol. The second-order valence-corrected chi connectivity index (χ2v) is 45.9. The van der Waals surface area contributed by atoms with Crippen LogP contribution in [0.15, 0.2) is 503 Å². The highest BCUT2D eigenvalue weighted by atomic mass is 35.5. The van der Waals surface area contributed by atoms with E-state index in [2.05, 4.69) is 149 Å². The summed E-state index contributed by atoms with van der Waals surface area (Å²) in [5.74, 6) is -0.0203. The fraction of sp³-hybridized carbons (Fsp3) is 0.0893. The van der Waals surface area contributed by atoms with Gasteiger partial charge in [0.05, 0.1) is 70.5 Å². The molecule has 17 aromatic rings. The van der Waals surface area contributed by atoms with Gasteiger partial charge in [0.1, 0.15) is 27.6 Å². The molecule has 0 aliphatic heterocycles. The molecule has 0 aliphatic carbocycles. The Hall–Kier alpha value is -9.62. The Morgan fingerprint density at radius 2 is 0.439 bits per heavy atom. The Morgan fingerprint density at radius 1 is 0.237 bits per heavy atom. The van der Waals surface area contributed by atoms with Crippen LogP contribution in [0.3, 0.4) is 0 Å². The standard InChI is InChI=1S/C20H13F6S.3C18H12Cl3S.C18H12F3S.C10H14O3S.C10H14/c21-19(22,23)14-6-4-10-17(12-14)27(16-8-2-1-3-9-16)18-11-5-7-15(13-18)20(24,25)26;2*19-13-1-7-16(8-2-13)22(17-9-3-14(20)4-10-17)18-11-5-15(21)6-12-18;2*19-13-4-1-7-16(10-13)22(17-8-2-5-14(20)11-17)18-9-3-6-15(21)12-18;1-3-8(2)9-4-6-10(7-5-9)14(11,12)13;1-3-9(2)10-7-5-4-6-8-10/h1-13H;4*1-12H;4-8H,3H2,1-2H3,(H,11,12,13);4-9H,3H2,1-2H3/q5*+1;;/p-1. The molecule has 139 heavy (non-hydrogen) atoms. The molecule has 17 aromatic carbocycles. The van der Waals surface area contributed by atoms with Crippen molar-refractivity contribution < 1.29 is 52.5 Å². The Labute approximate surface area is 865 Å². The van der Waals surface area contributed by atoms with Gasteiger partial charge < -0.3 is 4.55 Å². The molecule has 0 fully saturated rings. The SMILES string of the molecule is CCC(C)c1ccc(S(=O)(=O)[O-])cc1.CCC(C)c1ccccc1.Clc1ccc([S+](c2ccc(Cl)cc2)c2ccc(Cl)cc2)cc1.Clc1ccc([S+](c2ccc(Cl)cc2)c2ccc(Cl)cc2)cc1.Clc1cccc([S+](c2cccc(Cl)c2)c2cccc(Cl)c2)c1.FC(F)(F)c1cccc([S+](c2ccccc2)c2cccc(C(F)(F)F)c2)c1.Fc1cccc([S+](c2cccc(F)c2)c2cccc(F)c2)c1. The summed E-state index contributed by atoms with van der Waals surface area (Å²) in [6.07, 6.45) is -6.85. The molecule has 0 saturated carbocycles. The Bertz CT molecular complexity index is 6110. The van der Waals surface area contributed by atoms with Crippen LogP contribution in [0.25, 0.3) is 0 Å². The lowest BCUT2D eigenvalue weighted by molar-refractivity contribution is -0.138. The van der Waals surface area contributed by atoms with Gasteiger partial charge in [-0.15, -0.1) is 0 Å². The van der Waals surface area contributed by atoms with Crippen molar-refractivity contribution >= 4 is 169 Å². The fourth-order valence-corrected chi connectivity index (χ4v) is 26.0. The van der Waals surface area contributed by atoms with Crippen LogP contribution >= 0.6 is 104 Å². The first kappa shape index (κ1) is 110. The van der Waals surface area contributed by atoms with E-state index in [4.69, 9.17) is 104 Å². The molecule has 0 radical (unpaired) electrons. The number of hydrogen-bond donors (Lipinski definition) is 0. The summed E-state index contributed by atoms with van der Waals surface area (Å²) in [6.45, 7) is 8.59. The zero-order chi connectivity index (χ0) is 99.9. The predicted octanol–water partition coefficient (Wildman–Crippen LogP) is 37.5. The predicted molar refractivity (Wildman–Crippen MR) is 561 cm³/mol. The van der Waals surface area contributed by atoms with Crippen LogP contribution in [0.1, 0.15) is 74.6 Å². The van der Waals surface area contributed by atoms with E-state index in [0.717, 1.165) is 96.1 Å². The molecule has 0 N–H and O–H groups in total. The summed E-state index contributed by atoms with van der Waals surface area (Å²) in [5, 5.41) is 6.58. The highest BCUT2D eigenvalue weighted by molar-refractivity contribution is 7.98. The highest BCUT2D eigenvalue weighted by Gasteiger charge is 2.39. The summed E-state index contributed by atoms with van der Waals surface area (Å²) in [7, 11) is -6.90. The molecule has 0 heterocycles. The van der Waals surface area contributed by atoms with Crippen LogP contribution in [0.2, 0.25) is 45.2 Å². The maximum absolute atomic E-state index is 13.6. The largest absolute Gasteiger partial charge is 0.744 e. The fourth-order valence-electron chi connectivity index (χ4n) is 13.4. The quantitative estimate of drug-likeness (QED) is 0.0434. The Balaban J connectivity index is 0.000000158. The van der Waals surface area contributed by atoms with Crippen LogP contribution in [0, 0.1) is 17.5 Å². The van der Waals surface area contributed by atoms with Crippen molar-refractivity contribution in [2.75, 3.05) is 0 Å². The van der Waals surface area contributed by atoms with E-state index in [9.17, 15) is 52.5 Å². The molecular weight excluding hydrogens is 2080 g/mol. The van der Waals surface area contributed by atoms with Crippen molar-refractivity contribution in [3.63, 3.8) is 0 Å². The van der Waals surface area contributed by atoms with Crippen LogP contribution in [0.4, 0.5) is 39.5 Å². The molecule has 712 valence electrons. The van der Waals surface area contributed by atoms with E-state index in [1.807, 2.05) is 127 Å². The topological polar surface area (TPSA) is 57.2 Å². The van der Waals surface area contributed by atoms with Gasteiger partial charge in [-0.2, -0.15) is 26.3 Å². The summed E-state index contributed by atoms with van der Waals surface area (Å²) >= 11 is 54.6. The number of benzene rings is 17. The van der Waals surface area contributed by atoms with Crippen molar-refractivity contribution in [1.82, 2.24) is 0 Å². The van der Waals surface area contributed by atoms with Gasteiger partial charge >= 0.3 is 12.4 Å². The third-order valence-corrected chi connectivity index (χ3v) is 34.7. The van der Waals surface area contributed by atoms with E-state index in [1.54, 1.807) is 78.9 Å². The lowest BCUT2D eigenvalue weighted by Gasteiger charge is -2.12. The lowest BCUT2D eigenvalue weighted by Crippen LogP contribution is -2.11. The highest BCUT2D eigenvalue weighted by Crippen LogP contribution is 2.42.